The molecule has 0 unspecified atom stereocenters. The highest BCUT2D eigenvalue weighted by molar-refractivity contribution is 6.78. The van der Waals surface area contributed by atoms with Crippen LogP contribution < -0.4 is 0 Å². The predicted molar refractivity (Wildman–Crippen MR) is 90.2 cm³/mol. The van der Waals surface area contributed by atoms with Gasteiger partial charge in [0.15, 0.2) is 0 Å². The molecule has 0 fully saturated rings. The Hall–Kier alpha value is -1.34. The largest absolute Gasteiger partial charge is 0.0688 e. The Morgan fingerprint density at radius 1 is 0.750 bits per heavy atom. The molecule has 0 saturated carbocycles. The third kappa shape index (κ3) is 2.05. The van der Waals surface area contributed by atoms with E-state index in [4.69, 9.17) is 0 Å². The van der Waals surface area contributed by atoms with Crippen molar-refractivity contribution in [1.29, 1.82) is 0 Å². The number of hydrogen-bond donors (Lipinski definition) is 0. The van der Waals surface area contributed by atoms with Gasteiger partial charge in [0.25, 0.3) is 0 Å². The normalized spacial score (nSPS) is 21.2. The van der Waals surface area contributed by atoms with Crippen LogP contribution in [0.25, 0.3) is 0 Å². The molecule has 2 aromatic rings. The van der Waals surface area contributed by atoms with E-state index in [0.717, 1.165) is 0 Å². The first-order chi connectivity index (χ1) is 9.54. The molecule has 104 valence electrons. The maximum Gasteiger partial charge on any atom is 0.0573 e. The highest BCUT2D eigenvalue weighted by Crippen LogP contribution is 2.47. The summed E-state index contributed by atoms with van der Waals surface area (Å²) in [5.74, 6) is 0.579. The molecule has 1 aliphatic carbocycles. The van der Waals surface area contributed by atoms with Gasteiger partial charge in [-0.1, -0.05) is 75.1 Å². The van der Waals surface area contributed by atoms with Crippen molar-refractivity contribution in [2.75, 3.05) is 0 Å². The molecule has 0 spiro atoms. The molecule has 0 N–H and O–H groups in total. The fourth-order valence-electron chi connectivity index (χ4n) is 3.89. The van der Waals surface area contributed by atoms with Crippen molar-refractivity contribution < 1.29 is 0 Å². The van der Waals surface area contributed by atoms with Crippen LogP contribution in [-0.4, -0.2) is 8.07 Å². The summed E-state index contributed by atoms with van der Waals surface area (Å²) in [6.45, 7) is 9.81. The van der Waals surface area contributed by atoms with Crippen molar-refractivity contribution in [2.45, 2.75) is 44.4 Å². The summed E-state index contributed by atoms with van der Waals surface area (Å²) in [6, 6.07) is 18.3. The molecule has 0 radical (unpaired) electrons. The van der Waals surface area contributed by atoms with E-state index in [2.05, 4.69) is 75.1 Å². The van der Waals surface area contributed by atoms with Crippen molar-refractivity contribution >= 4 is 8.07 Å². The second kappa shape index (κ2) is 4.89. The minimum absolute atomic E-state index is 0.579. The zero-order chi connectivity index (χ0) is 14.3. The van der Waals surface area contributed by atoms with E-state index < -0.39 is 8.07 Å². The van der Waals surface area contributed by atoms with Gasteiger partial charge < -0.3 is 0 Å². The Morgan fingerprint density at radius 3 is 1.50 bits per heavy atom. The molecule has 0 atom stereocenters. The summed E-state index contributed by atoms with van der Waals surface area (Å²) in [4.78, 5) is 0. The van der Waals surface area contributed by atoms with Gasteiger partial charge in [-0.25, -0.2) is 0 Å². The Kier molecular flexibility index (Phi) is 3.33. The van der Waals surface area contributed by atoms with Gasteiger partial charge in [-0.2, -0.15) is 0 Å². The van der Waals surface area contributed by atoms with Gasteiger partial charge in [-0.05, 0) is 28.7 Å². The lowest BCUT2D eigenvalue weighted by Crippen LogP contribution is -2.35. The highest BCUT2D eigenvalue weighted by atomic mass is 28.3. The third-order valence-electron chi connectivity index (χ3n) is 4.64. The van der Waals surface area contributed by atoms with Gasteiger partial charge >= 0.3 is 0 Å². The summed E-state index contributed by atoms with van der Waals surface area (Å²) in [5, 5.41) is 0. The lowest BCUT2D eigenvalue weighted by Gasteiger charge is -2.39. The molecule has 0 aliphatic heterocycles. The smallest absolute Gasteiger partial charge is 0.0573 e. The average Bonchev–Trinajstić information content (AvgIpc) is 2.43. The Labute approximate surface area is 123 Å². The first-order valence-electron chi connectivity index (χ1n) is 7.71. The number of hydrogen-bond acceptors (Lipinski definition) is 0. The molecule has 0 bridgehead atoms. The number of rotatable bonds is 2. The molecule has 1 heteroatoms. The molecule has 0 nitrogen and oxygen atoms in total. The summed E-state index contributed by atoms with van der Waals surface area (Å²) < 4.78 is 0. The minimum atomic E-state index is -1.30. The van der Waals surface area contributed by atoms with Crippen LogP contribution in [0.1, 0.15) is 47.1 Å². The van der Waals surface area contributed by atoms with E-state index in [1.165, 1.54) is 6.42 Å². The summed E-state index contributed by atoms with van der Waals surface area (Å²) in [6.07, 6.45) is 1.19. The van der Waals surface area contributed by atoms with Crippen LogP contribution in [0.4, 0.5) is 0 Å². The van der Waals surface area contributed by atoms with E-state index in [0.29, 0.717) is 11.5 Å². The molecule has 2 aromatic carbocycles. The number of benzene rings is 2. The lowest BCUT2D eigenvalue weighted by molar-refractivity contribution is 0.728. The summed E-state index contributed by atoms with van der Waals surface area (Å²) in [5.41, 5.74) is 6.97. The highest BCUT2D eigenvalue weighted by Gasteiger charge is 2.38. The third-order valence-corrected chi connectivity index (χ3v) is 6.99. The standard InChI is InChI=1S/C19H24Si/c1-5-14-15-10-6-8-12-17(15)19(20(2,3)4)18-13-9-7-11-16(14)18/h6-14,19H,5H2,1-4H3. The number of fused-ring (bicyclic) bond motifs is 2. The quantitative estimate of drug-likeness (QED) is 0.633. The van der Waals surface area contributed by atoms with Crippen molar-refractivity contribution in [1.82, 2.24) is 0 Å². The maximum absolute atomic E-state index is 2.50. The van der Waals surface area contributed by atoms with Gasteiger partial charge in [0.05, 0.1) is 8.07 Å². The fourth-order valence-corrected chi connectivity index (χ4v) is 6.28. The molecular weight excluding hydrogens is 256 g/mol. The molecule has 1 aliphatic rings. The van der Waals surface area contributed by atoms with Crippen LogP contribution in [-0.2, 0) is 0 Å². The van der Waals surface area contributed by atoms with E-state index in [-0.39, 0.29) is 0 Å². The lowest BCUT2D eigenvalue weighted by atomic mass is 9.76. The minimum Gasteiger partial charge on any atom is -0.0688 e. The van der Waals surface area contributed by atoms with Crippen LogP contribution in [0, 0.1) is 0 Å². The first-order valence-corrected chi connectivity index (χ1v) is 11.3. The van der Waals surface area contributed by atoms with Gasteiger partial charge in [0.2, 0.25) is 0 Å². The molecule has 0 amide bonds. The molecule has 20 heavy (non-hydrogen) atoms. The molecule has 0 heterocycles. The second-order valence-electron chi connectivity index (χ2n) is 7.02. The zero-order valence-corrected chi connectivity index (χ0v) is 14.0. The molecule has 0 saturated heterocycles. The van der Waals surface area contributed by atoms with Crippen molar-refractivity contribution in [2.24, 2.45) is 0 Å². The van der Waals surface area contributed by atoms with E-state index in [1.807, 2.05) is 0 Å². The van der Waals surface area contributed by atoms with Crippen molar-refractivity contribution in [3.8, 4) is 0 Å². The summed E-state index contributed by atoms with van der Waals surface area (Å²) >= 11 is 0. The van der Waals surface area contributed by atoms with E-state index in [9.17, 15) is 0 Å². The van der Waals surface area contributed by atoms with E-state index in [1.54, 1.807) is 22.3 Å². The van der Waals surface area contributed by atoms with Crippen LogP contribution in [0.15, 0.2) is 48.5 Å². The Bertz CT molecular complexity index is 574. The maximum atomic E-state index is 2.50. The fraction of sp³-hybridized carbons (Fsp3) is 0.368. The van der Waals surface area contributed by atoms with Crippen molar-refractivity contribution in [3.05, 3.63) is 70.8 Å². The van der Waals surface area contributed by atoms with Gasteiger partial charge in [-0.3, -0.25) is 0 Å². The van der Waals surface area contributed by atoms with Crippen LogP contribution in [0.3, 0.4) is 0 Å². The monoisotopic (exact) mass is 280 g/mol. The van der Waals surface area contributed by atoms with Crippen molar-refractivity contribution in [3.63, 3.8) is 0 Å². The molecular formula is C19H24Si. The average molecular weight is 280 g/mol. The Morgan fingerprint density at radius 2 is 1.15 bits per heavy atom. The van der Waals surface area contributed by atoms with Gasteiger partial charge in [0.1, 0.15) is 0 Å². The first kappa shape index (κ1) is 13.6. The second-order valence-corrected chi connectivity index (χ2v) is 12.3. The van der Waals surface area contributed by atoms with Crippen LogP contribution in [0.2, 0.25) is 19.6 Å². The Balaban J connectivity index is 2.29. The van der Waals surface area contributed by atoms with E-state index >= 15 is 0 Å². The topological polar surface area (TPSA) is 0 Å². The molecule has 0 aromatic heterocycles. The zero-order valence-electron chi connectivity index (χ0n) is 13.0. The van der Waals surface area contributed by atoms with Crippen LogP contribution >= 0.6 is 0 Å². The predicted octanol–water partition coefficient (Wildman–Crippen LogP) is 5.55. The van der Waals surface area contributed by atoms with Gasteiger partial charge in [0, 0.05) is 11.5 Å². The molecule has 3 rings (SSSR count). The van der Waals surface area contributed by atoms with Gasteiger partial charge in [-0.15, -0.1) is 0 Å². The SMILES string of the molecule is CCC1c2ccccc2C([Si](C)(C)C)c2ccccc21. The van der Waals surface area contributed by atoms with Crippen LogP contribution in [0.5, 0.6) is 0 Å². The summed E-state index contributed by atoms with van der Waals surface area (Å²) in [7, 11) is -1.30.